The third kappa shape index (κ3) is 7.03. The van der Waals surface area contributed by atoms with Crippen molar-refractivity contribution in [2.24, 2.45) is 4.99 Å². The van der Waals surface area contributed by atoms with Crippen LogP contribution >= 0.6 is 35.3 Å². The molecule has 0 saturated heterocycles. The molecule has 1 heterocycles. The summed E-state index contributed by atoms with van der Waals surface area (Å²) in [6.45, 7) is 1.64. The first-order valence-corrected chi connectivity index (χ1v) is 10.2. The normalized spacial score (nSPS) is 13.6. The molecule has 1 aromatic carbocycles. The fraction of sp³-hybridized carbons (Fsp3) is 0.500. The number of guanidine groups is 1. The SMILES string of the molecule is CN=C(NCCCc1nc2c(s1)CCCC2)NCCc1ccc(F)cc1.I. The van der Waals surface area contributed by atoms with E-state index in [1.54, 1.807) is 7.05 Å². The third-order valence-corrected chi connectivity index (χ3v) is 5.81. The summed E-state index contributed by atoms with van der Waals surface area (Å²) in [4.78, 5) is 10.6. The van der Waals surface area contributed by atoms with Crippen LogP contribution in [0.2, 0.25) is 0 Å². The topological polar surface area (TPSA) is 49.3 Å². The van der Waals surface area contributed by atoms with Crippen molar-refractivity contribution in [3.05, 3.63) is 51.2 Å². The number of nitrogens with zero attached hydrogens (tertiary/aromatic N) is 2. The van der Waals surface area contributed by atoms with Gasteiger partial charge in [0, 0.05) is 31.4 Å². The molecule has 1 aliphatic rings. The van der Waals surface area contributed by atoms with Crippen LogP contribution in [0.5, 0.6) is 0 Å². The summed E-state index contributed by atoms with van der Waals surface area (Å²) in [7, 11) is 1.78. The van der Waals surface area contributed by atoms with E-state index in [0.29, 0.717) is 0 Å². The van der Waals surface area contributed by atoms with Crippen molar-refractivity contribution < 1.29 is 4.39 Å². The molecule has 0 fully saturated rings. The maximum atomic E-state index is 12.9. The lowest BCUT2D eigenvalue weighted by Gasteiger charge is -2.11. The Kier molecular flexibility index (Phi) is 9.47. The largest absolute Gasteiger partial charge is 0.356 e. The van der Waals surface area contributed by atoms with Crippen LogP contribution in [0.3, 0.4) is 0 Å². The lowest BCUT2D eigenvalue weighted by Crippen LogP contribution is -2.38. The molecule has 3 rings (SSSR count). The number of nitrogens with one attached hydrogen (secondary N) is 2. The lowest BCUT2D eigenvalue weighted by molar-refractivity contribution is 0.626. The number of rotatable bonds is 7. The molecule has 1 aliphatic carbocycles. The van der Waals surface area contributed by atoms with Crippen LogP contribution in [0.1, 0.15) is 40.4 Å². The summed E-state index contributed by atoms with van der Waals surface area (Å²) in [5.41, 5.74) is 2.46. The van der Waals surface area contributed by atoms with Crippen molar-refractivity contribution in [2.45, 2.75) is 44.9 Å². The number of aromatic nitrogens is 1. The Morgan fingerprint density at radius 3 is 2.59 bits per heavy atom. The molecule has 0 unspecified atom stereocenters. The third-order valence-electron chi connectivity index (χ3n) is 4.59. The fourth-order valence-corrected chi connectivity index (χ4v) is 4.35. The molecular formula is C20H28FIN4S. The van der Waals surface area contributed by atoms with Gasteiger partial charge < -0.3 is 10.6 Å². The Labute approximate surface area is 182 Å². The minimum Gasteiger partial charge on any atom is -0.356 e. The van der Waals surface area contributed by atoms with Gasteiger partial charge in [0.15, 0.2) is 5.96 Å². The molecule has 0 atom stereocenters. The Hall–Kier alpha value is -1.22. The zero-order chi connectivity index (χ0) is 18.2. The van der Waals surface area contributed by atoms with Crippen LogP contribution in [-0.2, 0) is 25.7 Å². The van der Waals surface area contributed by atoms with Crippen molar-refractivity contribution in [1.82, 2.24) is 15.6 Å². The van der Waals surface area contributed by atoms with Crippen LogP contribution in [0, 0.1) is 5.82 Å². The molecule has 27 heavy (non-hydrogen) atoms. The highest BCUT2D eigenvalue weighted by Crippen LogP contribution is 2.27. The Balaban J connectivity index is 0.00000261. The predicted octanol–water partition coefficient (Wildman–Crippen LogP) is 4.12. The molecule has 7 heteroatoms. The van der Waals surface area contributed by atoms with E-state index in [2.05, 4.69) is 15.6 Å². The van der Waals surface area contributed by atoms with Crippen molar-refractivity contribution in [1.29, 1.82) is 0 Å². The maximum absolute atomic E-state index is 12.9. The number of benzene rings is 1. The van der Waals surface area contributed by atoms with E-state index in [1.807, 2.05) is 23.5 Å². The monoisotopic (exact) mass is 502 g/mol. The van der Waals surface area contributed by atoms with Crippen LogP contribution in [0.4, 0.5) is 4.39 Å². The van der Waals surface area contributed by atoms with E-state index >= 15 is 0 Å². The molecule has 0 spiro atoms. The van der Waals surface area contributed by atoms with E-state index in [-0.39, 0.29) is 29.8 Å². The van der Waals surface area contributed by atoms with Gasteiger partial charge in [-0.25, -0.2) is 9.37 Å². The summed E-state index contributed by atoms with van der Waals surface area (Å²) >= 11 is 1.90. The second-order valence-corrected chi connectivity index (χ2v) is 7.76. The molecule has 1 aromatic heterocycles. The minimum absolute atomic E-state index is 0. The highest BCUT2D eigenvalue weighted by molar-refractivity contribution is 14.0. The summed E-state index contributed by atoms with van der Waals surface area (Å²) in [5, 5.41) is 7.93. The standard InChI is InChI=1S/C20H27FN4S.HI/c1-22-20(24-14-12-15-8-10-16(21)11-9-15)23-13-4-7-19-25-17-5-2-3-6-18(17)26-19;/h8-11H,2-7,12-14H2,1H3,(H2,22,23,24);1H. The lowest BCUT2D eigenvalue weighted by atomic mass is 10.0. The number of thiazole rings is 1. The van der Waals surface area contributed by atoms with Crippen molar-refractivity contribution >= 4 is 41.3 Å². The molecule has 148 valence electrons. The van der Waals surface area contributed by atoms with Crippen LogP contribution in [-0.4, -0.2) is 31.1 Å². The molecule has 2 aromatic rings. The second kappa shape index (κ2) is 11.6. The molecule has 0 radical (unpaired) electrons. The van der Waals surface area contributed by atoms with Gasteiger partial charge in [-0.05, 0) is 56.2 Å². The van der Waals surface area contributed by atoms with Gasteiger partial charge in [0.25, 0.3) is 0 Å². The number of hydrogen-bond donors (Lipinski definition) is 2. The molecule has 0 amide bonds. The van der Waals surface area contributed by atoms with Crippen molar-refractivity contribution in [3.8, 4) is 0 Å². The number of aliphatic imine (C=N–C) groups is 1. The Bertz CT molecular complexity index is 707. The summed E-state index contributed by atoms with van der Waals surface area (Å²) in [6, 6.07) is 6.64. The smallest absolute Gasteiger partial charge is 0.190 e. The van der Waals surface area contributed by atoms with Gasteiger partial charge in [-0.15, -0.1) is 35.3 Å². The number of aryl methyl sites for hydroxylation is 3. The predicted molar refractivity (Wildman–Crippen MR) is 122 cm³/mol. The van der Waals surface area contributed by atoms with Gasteiger partial charge in [-0.2, -0.15) is 0 Å². The average Bonchev–Trinajstić information content (AvgIpc) is 3.08. The van der Waals surface area contributed by atoms with E-state index < -0.39 is 0 Å². The molecule has 0 aliphatic heterocycles. The first-order valence-electron chi connectivity index (χ1n) is 9.41. The van der Waals surface area contributed by atoms with Gasteiger partial charge in [0.1, 0.15) is 5.82 Å². The average molecular weight is 502 g/mol. The number of fused-ring (bicyclic) bond motifs is 1. The van der Waals surface area contributed by atoms with Gasteiger partial charge in [0.05, 0.1) is 10.7 Å². The Morgan fingerprint density at radius 2 is 1.85 bits per heavy atom. The molecule has 0 bridgehead atoms. The van der Waals surface area contributed by atoms with Crippen LogP contribution in [0.15, 0.2) is 29.3 Å². The minimum atomic E-state index is -0.194. The number of hydrogen-bond acceptors (Lipinski definition) is 3. The molecular weight excluding hydrogens is 474 g/mol. The molecule has 2 N–H and O–H groups in total. The van der Waals surface area contributed by atoms with Gasteiger partial charge in [0.2, 0.25) is 0 Å². The Morgan fingerprint density at radius 1 is 1.11 bits per heavy atom. The van der Waals surface area contributed by atoms with Gasteiger partial charge >= 0.3 is 0 Å². The van der Waals surface area contributed by atoms with Gasteiger partial charge in [-0.1, -0.05) is 12.1 Å². The summed E-state index contributed by atoms with van der Waals surface area (Å²) in [5.74, 6) is 0.616. The maximum Gasteiger partial charge on any atom is 0.190 e. The molecule has 0 saturated carbocycles. The zero-order valence-corrected chi connectivity index (χ0v) is 18.9. The van der Waals surface area contributed by atoms with Crippen molar-refractivity contribution in [3.63, 3.8) is 0 Å². The highest BCUT2D eigenvalue weighted by atomic mass is 127. The van der Waals surface area contributed by atoms with Crippen LogP contribution in [0.25, 0.3) is 0 Å². The highest BCUT2D eigenvalue weighted by Gasteiger charge is 2.14. The van der Waals surface area contributed by atoms with Crippen LogP contribution < -0.4 is 10.6 Å². The van der Waals surface area contributed by atoms with E-state index in [0.717, 1.165) is 50.3 Å². The number of halogens is 2. The van der Waals surface area contributed by atoms with Gasteiger partial charge in [-0.3, -0.25) is 4.99 Å². The quantitative estimate of drug-likeness (QED) is 0.259. The zero-order valence-electron chi connectivity index (χ0n) is 15.8. The summed E-state index contributed by atoms with van der Waals surface area (Å²) in [6.07, 6.45) is 7.90. The van der Waals surface area contributed by atoms with E-state index in [1.165, 1.54) is 47.0 Å². The second-order valence-electron chi connectivity index (χ2n) is 6.59. The first-order chi connectivity index (χ1) is 12.7. The fourth-order valence-electron chi connectivity index (χ4n) is 3.16. The van der Waals surface area contributed by atoms with E-state index in [4.69, 9.17) is 4.98 Å². The van der Waals surface area contributed by atoms with E-state index in [9.17, 15) is 4.39 Å². The van der Waals surface area contributed by atoms with Crippen molar-refractivity contribution in [2.75, 3.05) is 20.1 Å². The molecule has 4 nitrogen and oxygen atoms in total. The first kappa shape index (κ1) is 22.1. The summed E-state index contributed by atoms with van der Waals surface area (Å²) < 4.78 is 12.9.